The van der Waals surface area contributed by atoms with Crippen LogP contribution in [0.15, 0.2) is 36.4 Å². The summed E-state index contributed by atoms with van der Waals surface area (Å²) in [5.41, 5.74) is 0.0625. The third-order valence-corrected chi connectivity index (χ3v) is 3.08. The summed E-state index contributed by atoms with van der Waals surface area (Å²) in [6.45, 7) is 6.76. The molecule has 0 aliphatic heterocycles. The first kappa shape index (κ1) is 19.4. The Bertz CT molecular complexity index is 621. The summed E-state index contributed by atoms with van der Waals surface area (Å²) in [4.78, 5) is 38.8. The highest BCUT2D eigenvalue weighted by Crippen LogP contribution is 2.13. The summed E-state index contributed by atoms with van der Waals surface area (Å²) in [6, 6.07) is 5.73. The molecule has 0 spiro atoms. The molecule has 0 heterocycles. The van der Waals surface area contributed by atoms with Gasteiger partial charge in [-0.25, -0.2) is 14.4 Å². The van der Waals surface area contributed by atoms with Crippen LogP contribution in [-0.4, -0.2) is 35.9 Å². The van der Waals surface area contributed by atoms with Gasteiger partial charge in [0.1, 0.15) is 12.7 Å². The van der Waals surface area contributed by atoms with E-state index >= 15 is 0 Å². The third kappa shape index (κ3) is 5.51. The minimum Gasteiger partial charge on any atom is -0.458 e. The first-order chi connectivity index (χ1) is 11.4. The van der Waals surface area contributed by atoms with Gasteiger partial charge in [-0.3, -0.25) is 4.89 Å². The van der Waals surface area contributed by atoms with Crippen LogP contribution in [0, 0.1) is 0 Å². The first-order valence-electron chi connectivity index (χ1n) is 7.39. The van der Waals surface area contributed by atoms with Gasteiger partial charge >= 0.3 is 17.9 Å². The van der Waals surface area contributed by atoms with Crippen LogP contribution in [0.25, 0.3) is 0 Å². The van der Waals surface area contributed by atoms with E-state index in [2.05, 4.69) is 11.5 Å². The van der Waals surface area contributed by atoms with Crippen molar-refractivity contribution in [1.82, 2.24) is 0 Å². The van der Waals surface area contributed by atoms with Crippen LogP contribution in [0.5, 0.6) is 0 Å². The lowest BCUT2D eigenvalue weighted by molar-refractivity contribution is -0.182. The van der Waals surface area contributed by atoms with E-state index in [0.29, 0.717) is 6.42 Å². The molecule has 0 aliphatic carbocycles. The Morgan fingerprint density at radius 3 is 2.25 bits per heavy atom. The lowest BCUT2D eigenvalue weighted by Gasteiger charge is -2.17. The van der Waals surface area contributed by atoms with E-state index in [-0.39, 0.29) is 23.3 Å². The van der Waals surface area contributed by atoms with Crippen LogP contribution in [0.1, 0.15) is 47.4 Å². The topological polar surface area (TPSA) is 99.1 Å². The zero-order valence-electron chi connectivity index (χ0n) is 13.6. The van der Waals surface area contributed by atoms with Crippen molar-refractivity contribution in [2.45, 2.75) is 32.8 Å². The zero-order valence-corrected chi connectivity index (χ0v) is 13.6. The minimum absolute atomic E-state index is 0.0574. The number of carbonyl (C=O) groups is 3. The molecule has 7 nitrogen and oxygen atoms in total. The van der Waals surface area contributed by atoms with Gasteiger partial charge in [-0.1, -0.05) is 32.1 Å². The van der Waals surface area contributed by atoms with Crippen molar-refractivity contribution < 1.29 is 34.0 Å². The Morgan fingerprint density at radius 2 is 1.75 bits per heavy atom. The summed E-state index contributed by atoms with van der Waals surface area (Å²) in [5, 5.41) is 8.47. The van der Waals surface area contributed by atoms with Crippen molar-refractivity contribution in [2.24, 2.45) is 0 Å². The highest BCUT2D eigenvalue weighted by Gasteiger charge is 2.21. The first-order valence-corrected chi connectivity index (χ1v) is 7.39. The molecule has 1 atom stereocenters. The van der Waals surface area contributed by atoms with Crippen molar-refractivity contribution in [3.05, 3.63) is 47.5 Å². The molecule has 1 unspecified atom stereocenters. The van der Waals surface area contributed by atoms with Crippen molar-refractivity contribution in [2.75, 3.05) is 6.61 Å². The van der Waals surface area contributed by atoms with E-state index in [1.54, 1.807) is 0 Å². The molecular weight excluding hydrogens is 316 g/mol. The molecule has 1 aromatic rings. The summed E-state index contributed by atoms with van der Waals surface area (Å²) in [5.74, 6) is -2.42. The van der Waals surface area contributed by atoms with Crippen LogP contribution in [0.2, 0.25) is 0 Å². The predicted octanol–water partition coefficient (Wildman–Crippen LogP) is 2.76. The van der Waals surface area contributed by atoms with Crippen LogP contribution >= 0.6 is 0 Å². The molecule has 0 amide bonds. The van der Waals surface area contributed by atoms with Gasteiger partial charge in [0.05, 0.1) is 11.1 Å². The molecule has 24 heavy (non-hydrogen) atoms. The van der Waals surface area contributed by atoms with E-state index in [1.165, 1.54) is 31.2 Å². The maximum atomic E-state index is 12.1. The normalized spacial score (nSPS) is 11.3. The molecule has 0 aliphatic rings. The zero-order chi connectivity index (χ0) is 18.1. The summed E-state index contributed by atoms with van der Waals surface area (Å²) >= 11 is 0. The van der Waals surface area contributed by atoms with Gasteiger partial charge in [0.25, 0.3) is 0 Å². The van der Waals surface area contributed by atoms with Crippen LogP contribution in [-0.2, 0) is 19.2 Å². The number of rotatable bonds is 8. The maximum Gasteiger partial charge on any atom is 0.373 e. The Kier molecular flexibility index (Phi) is 7.64. The molecular formula is C17H20O7. The number of hydrogen-bond acceptors (Lipinski definition) is 7. The van der Waals surface area contributed by atoms with E-state index in [0.717, 1.165) is 6.42 Å². The molecule has 130 valence electrons. The molecule has 0 saturated heterocycles. The second-order valence-electron chi connectivity index (χ2n) is 5.12. The van der Waals surface area contributed by atoms with E-state index < -0.39 is 24.0 Å². The molecule has 1 rings (SSSR count). The van der Waals surface area contributed by atoms with Crippen molar-refractivity contribution >= 4 is 17.9 Å². The van der Waals surface area contributed by atoms with Crippen molar-refractivity contribution in [3.63, 3.8) is 0 Å². The highest BCUT2D eigenvalue weighted by atomic mass is 17.1. The van der Waals surface area contributed by atoms with Crippen LogP contribution < -0.4 is 0 Å². The van der Waals surface area contributed by atoms with E-state index in [4.69, 9.17) is 14.7 Å². The lowest BCUT2D eigenvalue weighted by atomic mass is 10.1. The van der Waals surface area contributed by atoms with Crippen LogP contribution in [0.3, 0.4) is 0 Å². The minimum atomic E-state index is -1.07. The van der Waals surface area contributed by atoms with Gasteiger partial charge < -0.3 is 9.47 Å². The van der Waals surface area contributed by atoms with Crippen molar-refractivity contribution in [1.29, 1.82) is 0 Å². The Hall–Kier alpha value is -2.67. The van der Waals surface area contributed by atoms with Crippen LogP contribution in [0.4, 0.5) is 0 Å². The SMILES string of the molecule is C=C(C)C(=O)OC(CCC)COC(=O)c1ccccc1C(=O)OO. The number of hydrogen-bond donors (Lipinski definition) is 1. The molecule has 1 N–H and O–H groups in total. The average Bonchev–Trinajstić information content (AvgIpc) is 2.58. The molecule has 0 fully saturated rings. The highest BCUT2D eigenvalue weighted by molar-refractivity contribution is 6.02. The average molecular weight is 336 g/mol. The second kappa shape index (κ2) is 9.46. The van der Waals surface area contributed by atoms with Gasteiger partial charge in [0.15, 0.2) is 0 Å². The number of benzene rings is 1. The maximum absolute atomic E-state index is 12.1. The predicted molar refractivity (Wildman–Crippen MR) is 84.4 cm³/mol. The second-order valence-corrected chi connectivity index (χ2v) is 5.12. The molecule has 0 bridgehead atoms. The number of esters is 2. The molecule has 0 saturated carbocycles. The quantitative estimate of drug-likeness (QED) is 0.256. The third-order valence-electron chi connectivity index (χ3n) is 3.08. The fourth-order valence-electron chi connectivity index (χ4n) is 1.88. The Morgan fingerprint density at radius 1 is 1.17 bits per heavy atom. The Labute approximate surface area is 139 Å². The fourth-order valence-corrected chi connectivity index (χ4v) is 1.88. The van der Waals surface area contributed by atoms with Gasteiger partial charge in [-0.2, -0.15) is 5.26 Å². The van der Waals surface area contributed by atoms with Crippen molar-refractivity contribution in [3.8, 4) is 0 Å². The van der Waals surface area contributed by atoms with Gasteiger partial charge in [0, 0.05) is 5.57 Å². The Balaban J connectivity index is 2.78. The fraction of sp³-hybridized carbons (Fsp3) is 0.353. The smallest absolute Gasteiger partial charge is 0.373 e. The monoisotopic (exact) mass is 336 g/mol. The summed E-state index contributed by atoms with van der Waals surface area (Å²) < 4.78 is 10.3. The standard InChI is InChI=1S/C17H20O7/c1-4-7-12(23-15(18)11(2)3)10-22-16(19)13-8-5-6-9-14(13)17(20)24-21/h5-6,8-9,12,21H,2,4,7,10H2,1,3H3. The summed E-state index contributed by atoms with van der Waals surface area (Å²) in [7, 11) is 0. The largest absolute Gasteiger partial charge is 0.458 e. The van der Waals surface area contributed by atoms with E-state index in [9.17, 15) is 14.4 Å². The molecule has 1 aromatic carbocycles. The van der Waals surface area contributed by atoms with Gasteiger partial charge in [-0.15, -0.1) is 0 Å². The lowest BCUT2D eigenvalue weighted by Crippen LogP contribution is -2.26. The summed E-state index contributed by atoms with van der Waals surface area (Å²) in [6.07, 6.45) is 0.617. The number of carbonyl (C=O) groups excluding carboxylic acids is 3. The van der Waals surface area contributed by atoms with E-state index in [1.807, 2.05) is 6.92 Å². The van der Waals surface area contributed by atoms with Gasteiger partial charge in [-0.05, 0) is 25.5 Å². The molecule has 7 heteroatoms. The molecule has 0 aromatic heterocycles. The number of ether oxygens (including phenoxy) is 2. The van der Waals surface area contributed by atoms with Gasteiger partial charge in [0.2, 0.25) is 0 Å². The molecule has 0 radical (unpaired) electrons.